The number of rotatable bonds is 5. The number of benzene rings is 1. The maximum Gasteiger partial charge on any atom is 0.332 e. The first-order chi connectivity index (χ1) is 9.31. The van der Waals surface area contributed by atoms with Crippen LogP contribution >= 0.6 is 34.8 Å². The number of carboxylic acid groups (broad SMARTS) is 1. The van der Waals surface area contributed by atoms with Crippen LogP contribution < -0.4 is 10.6 Å². The lowest BCUT2D eigenvalue weighted by Gasteiger charge is -2.11. The Morgan fingerprint density at radius 2 is 1.75 bits per heavy atom. The summed E-state index contributed by atoms with van der Waals surface area (Å²) >= 11 is 17.4. The SMILES string of the molecule is O=C(NCC[C@H](O)C(=O)O)Nc1cc(Cl)c(Cl)cc1Cl. The van der Waals surface area contributed by atoms with Crippen LogP contribution in [0.5, 0.6) is 0 Å². The van der Waals surface area contributed by atoms with Gasteiger partial charge in [0.1, 0.15) is 0 Å². The highest BCUT2D eigenvalue weighted by molar-refractivity contribution is 6.44. The van der Waals surface area contributed by atoms with E-state index in [4.69, 9.17) is 45.0 Å². The van der Waals surface area contributed by atoms with E-state index in [2.05, 4.69) is 10.6 Å². The number of hydrogen-bond acceptors (Lipinski definition) is 3. The molecule has 4 N–H and O–H groups in total. The molecule has 0 heterocycles. The highest BCUT2D eigenvalue weighted by Gasteiger charge is 2.13. The predicted molar refractivity (Wildman–Crippen MR) is 76.8 cm³/mol. The van der Waals surface area contributed by atoms with Gasteiger partial charge in [-0.2, -0.15) is 0 Å². The first-order valence-corrected chi connectivity index (χ1v) is 6.55. The van der Waals surface area contributed by atoms with Crippen molar-refractivity contribution in [1.29, 1.82) is 0 Å². The molecule has 1 aromatic carbocycles. The van der Waals surface area contributed by atoms with Crippen molar-refractivity contribution in [3.05, 3.63) is 27.2 Å². The molecule has 0 bridgehead atoms. The molecule has 0 fully saturated rings. The largest absolute Gasteiger partial charge is 0.479 e. The number of aliphatic hydroxyl groups is 1. The summed E-state index contributed by atoms with van der Waals surface area (Å²) in [5.41, 5.74) is 0.261. The summed E-state index contributed by atoms with van der Waals surface area (Å²) in [7, 11) is 0. The van der Waals surface area contributed by atoms with Crippen molar-refractivity contribution in [1.82, 2.24) is 5.32 Å². The van der Waals surface area contributed by atoms with Gasteiger partial charge < -0.3 is 20.8 Å². The molecule has 1 atom stereocenters. The Balaban J connectivity index is 2.51. The Morgan fingerprint density at radius 3 is 2.35 bits per heavy atom. The fraction of sp³-hybridized carbons (Fsp3) is 0.273. The van der Waals surface area contributed by atoms with E-state index in [1.54, 1.807) is 0 Å². The number of aliphatic carboxylic acids is 1. The Labute approximate surface area is 129 Å². The number of amides is 2. The summed E-state index contributed by atoms with van der Waals surface area (Å²) in [6, 6.07) is 2.16. The third-order valence-corrected chi connectivity index (χ3v) is 3.28. The van der Waals surface area contributed by atoms with Crippen molar-refractivity contribution < 1.29 is 19.8 Å². The van der Waals surface area contributed by atoms with E-state index in [0.717, 1.165) is 0 Å². The molecule has 0 spiro atoms. The zero-order chi connectivity index (χ0) is 15.3. The van der Waals surface area contributed by atoms with Crippen LogP contribution in [0.15, 0.2) is 12.1 Å². The van der Waals surface area contributed by atoms with E-state index >= 15 is 0 Å². The van der Waals surface area contributed by atoms with Crippen molar-refractivity contribution in [2.24, 2.45) is 0 Å². The molecule has 1 rings (SSSR count). The van der Waals surface area contributed by atoms with Gasteiger partial charge in [-0.1, -0.05) is 34.8 Å². The highest BCUT2D eigenvalue weighted by Crippen LogP contribution is 2.32. The molecule has 0 aromatic heterocycles. The topological polar surface area (TPSA) is 98.7 Å². The summed E-state index contributed by atoms with van der Waals surface area (Å²) in [4.78, 5) is 21.9. The molecule has 2 amide bonds. The summed E-state index contributed by atoms with van der Waals surface area (Å²) in [5, 5.41) is 23.0. The van der Waals surface area contributed by atoms with Crippen molar-refractivity contribution in [2.45, 2.75) is 12.5 Å². The summed E-state index contributed by atoms with van der Waals surface area (Å²) in [6.07, 6.45) is -1.64. The number of carbonyl (C=O) groups excluding carboxylic acids is 1. The predicted octanol–water partition coefficient (Wildman–Crippen LogP) is 2.60. The van der Waals surface area contributed by atoms with Gasteiger partial charge in [-0.15, -0.1) is 0 Å². The standard InChI is InChI=1S/C11H11Cl3N2O4/c12-5-3-7(14)8(4-6(5)13)16-11(20)15-2-1-9(17)10(18)19/h3-4,9,17H,1-2H2,(H,18,19)(H2,15,16,20)/t9-/m0/s1. The Bertz CT molecular complexity index is 525. The summed E-state index contributed by atoms with van der Waals surface area (Å²) in [6.45, 7) is -0.0156. The van der Waals surface area contributed by atoms with Gasteiger partial charge in [0, 0.05) is 13.0 Å². The molecular formula is C11H11Cl3N2O4. The molecule has 0 aliphatic carbocycles. The van der Waals surface area contributed by atoms with Crippen LogP contribution in [0.3, 0.4) is 0 Å². The van der Waals surface area contributed by atoms with Gasteiger partial charge in [0.05, 0.1) is 20.8 Å². The van der Waals surface area contributed by atoms with Crippen LogP contribution in [0, 0.1) is 0 Å². The van der Waals surface area contributed by atoms with Gasteiger partial charge in [0.25, 0.3) is 0 Å². The molecular weight excluding hydrogens is 330 g/mol. The van der Waals surface area contributed by atoms with Crippen molar-refractivity contribution in [3.8, 4) is 0 Å². The fourth-order valence-corrected chi connectivity index (χ4v) is 1.82. The Kier molecular flexibility index (Phi) is 6.35. The van der Waals surface area contributed by atoms with Crippen molar-refractivity contribution in [3.63, 3.8) is 0 Å². The minimum absolute atomic E-state index is 0.0156. The van der Waals surface area contributed by atoms with Gasteiger partial charge in [0.15, 0.2) is 6.10 Å². The number of anilines is 1. The number of carbonyl (C=O) groups is 2. The minimum atomic E-state index is -1.52. The Morgan fingerprint density at radius 1 is 1.15 bits per heavy atom. The highest BCUT2D eigenvalue weighted by atomic mass is 35.5. The molecule has 0 radical (unpaired) electrons. The number of urea groups is 1. The van der Waals surface area contributed by atoms with E-state index in [1.807, 2.05) is 0 Å². The molecule has 20 heavy (non-hydrogen) atoms. The van der Waals surface area contributed by atoms with Crippen LogP contribution in [0.2, 0.25) is 15.1 Å². The third-order valence-electron chi connectivity index (χ3n) is 2.25. The van der Waals surface area contributed by atoms with Gasteiger partial charge in [-0.3, -0.25) is 0 Å². The third kappa shape index (κ3) is 5.05. The average molecular weight is 342 g/mol. The molecule has 0 aliphatic heterocycles. The van der Waals surface area contributed by atoms with Crippen LogP contribution in [0.25, 0.3) is 0 Å². The molecule has 0 saturated heterocycles. The lowest BCUT2D eigenvalue weighted by Crippen LogP contribution is -2.33. The summed E-state index contributed by atoms with van der Waals surface area (Å²) in [5.74, 6) is -1.35. The molecule has 0 unspecified atom stereocenters. The zero-order valence-electron chi connectivity index (χ0n) is 9.99. The smallest absolute Gasteiger partial charge is 0.332 e. The molecule has 0 aliphatic rings. The second kappa shape index (κ2) is 7.54. The maximum atomic E-state index is 11.5. The molecule has 6 nitrogen and oxygen atoms in total. The number of hydrogen-bond donors (Lipinski definition) is 4. The van der Waals surface area contributed by atoms with Crippen molar-refractivity contribution in [2.75, 3.05) is 11.9 Å². The molecule has 1 aromatic rings. The van der Waals surface area contributed by atoms with Crippen molar-refractivity contribution >= 4 is 52.5 Å². The monoisotopic (exact) mass is 340 g/mol. The zero-order valence-corrected chi connectivity index (χ0v) is 12.3. The molecule has 9 heteroatoms. The Hall–Kier alpha value is -1.21. The lowest BCUT2D eigenvalue weighted by molar-refractivity contribution is -0.146. The number of nitrogens with one attached hydrogen (secondary N) is 2. The lowest BCUT2D eigenvalue weighted by atomic mass is 10.2. The van der Waals surface area contributed by atoms with E-state index in [0.29, 0.717) is 0 Å². The fourth-order valence-electron chi connectivity index (χ4n) is 1.23. The maximum absolute atomic E-state index is 11.5. The second-order valence-electron chi connectivity index (χ2n) is 3.77. The van der Waals surface area contributed by atoms with E-state index in [1.165, 1.54) is 12.1 Å². The molecule has 110 valence electrons. The minimum Gasteiger partial charge on any atom is -0.479 e. The first-order valence-electron chi connectivity index (χ1n) is 5.41. The number of aliphatic hydroxyl groups excluding tert-OH is 1. The molecule has 0 saturated carbocycles. The van der Waals surface area contributed by atoms with Gasteiger partial charge in [0.2, 0.25) is 0 Å². The van der Waals surface area contributed by atoms with Gasteiger partial charge in [-0.05, 0) is 12.1 Å². The van der Waals surface area contributed by atoms with E-state index < -0.39 is 18.1 Å². The quantitative estimate of drug-likeness (QED) is 0.619. The van der Waals surface area contributed by atoms with E-state index in [-0.39, 0.29) is 33.7 Å². The van der Waals surface area contributed by atoms with Crippen LogP contribution in [0.1, 0.15) is 6.42 Å². The van der Waals surface area contributed by atoms with Crippen LogP contribution in [-0.4, -0.2) is 34.9 Å². The number of carboxylic acids is 1. The average Bonchev–Trinajstić information content (AvgIpc) is 2.35. The summed E-state index contributed by atoms with van der Waals surface area (Å²) < 4.78 is 0. The number of halogens is 3. The van der Waals surface area contributed by atoms with E-state index in [9.17, 15) is 9.59 Å². The second-order valence-corrected chi connectivity index (χ2v) is 4.99. The van der Waals surface area contributed by atoms with Crippen LogP contribution in [0.4, 0.5) is 10.5 Å². The van der Waals surface area contributed by atoms with Gasteiger partial charge >= 0.3 is 12.0 Å². The first kappa shape index (κ1) is 16.8. The van der Waals surface area contributed by atoms with Crippen LogP contribution in [-0.2, 0) is 4.79 Å². The van der Waals surface area contributed by atoms with Gasteiger partial charge in [-0.25, -0.2) is 9.59 Å². The normalized spacial score (nSPS) is 11.8.